The highest BCUT2D eigenvalue weighted by molar-refractivity contribution is 5.33. The van der Waals surface area contributed by atoms with Crippen LogP contribution in [0.25, 0.3) is 0 Å². The number of benzene rings is 1. The van der Waals surface area contributed by atoms with Crippen molar-refractivity contribution in [3.63, 3.8) is 0 Å². The summed E-state index contributed by atoms with van der Waals surface area (Å²) in [5.74, 6) is 2.33. The fraction of sp³-hybridized carbons (Fsp3) is 0.556. The Morgan fingerprint density at radius 3 is 2.75 bits per heavy atom. The highest BCUT2D eigenvalue weighted by atomic mass is 16.5. The molecule has 0 radical (unpaired) electrons. The first-order chi connectivity index (χ1) is 11.7. The number of ether oxygens (including phenoxy) is 1. The lowest BCUT2D eigenvalue weighted by Gasteiger charge is -2.39. The van der Waals surface area contributed by atoms with Crippen LogP contribution in [0, 0.1) is 6.92 Å². The summed E-state index contributed by atoms with van der Waals surface area (Å²) in [7, 11) is 0. The van der Waals surface area contributed by atoms with Crippen LogP contribution in [0.2, 0.25) is 0 Å². The molecule has 1 unspecified atom stereocenters. The van der Waals surface area contributed by atoms with Gasteiger partial charge >= 0.3 is 0 Å². The fourth-order valence-corrected chi connectivity index (χ4v) is 3.20. The van der Waals surface area contributed by atoms with Gasteiger partial charge in [0.2, 0.25) is 11.8 Å². The number of hydrogen-bond acceptors (Lipinski definition) is 6. The summed E-state index contributed by atoms with van der Waals surface area (Å²) in [5.41, 5.74) is 1.26. The minimum absolute atomic E-state index is 0.449. The summed E-state index contributed by atoms with van der Waals surface area (Å²) < 4.78 is 11.2. The van der Waals surface area contributed by atoms with Gasteiger partial charge in [-0.3, -0.25) is 9.80 Å². The van der Waals surface area contributed by atoms with Gasteiger partial charge in [0.1, 0.15) is 5.75 Å². The monoisotopic (exact) mass is 330 g/mol. The molecule has 1 fully saturated rings. The summed E-state index contributed by atoms with van der Waals surface area (Å²) in [6, 6.07) is 8.77. The zero-order chi connectivity index (χ0) is 16.9. The van der Waals surface area contributed by atoms with Gasteiger partial charge in [-0.2, -0.15) is 0 Å². The molecule has 6 heteroatoms. The molecule has 1 saturated heterocycles. The molecule has 1 aliphatic heterocycles. The summed E-state index contributed by atoms with van der Waals surface area (Å²) >= 11 is 0. The molecule has 3 rings (SSSR count). The Labute approximate surface area is 143 Å². The SMILES string of the molecule is CCOc1ccccc1CN1CCN(Cc2nnc(C)o2)C(C)C1. The largest absolute Gasteiger partial charge is 0.494 e. The summed E-state index contributed by atoms with van der Waals surface area (Å²) in [4.78, 5) is 4.88. The third-order valence-electron chi connectivity index (χ3n) is 4.42. The second-order valence-corrected chi connectivity index (χ2v) is 6.31. The third-order valence-corrected chi connectivity index (χ3v) is 4.42. The van der Waals surface area contributed by atoms with E-state index >= 15 is 0 Å². The van der Waals surface area contributed by atoms with E-state index in [0.29, 0.717) is 24.4 Å². The molecular formula is C18H26N4O2. The summed E-state index contributed by atoms with van der Waals surface area (Å²) in [6.07, 6.45) is 0. The lowest BCUT2D eigenvalue weighted by molar-refractivity contribution is 0.0661. The van der Waals surface area contributed by atoms with Crippen molar-refractivity contribution in [2.75, 3.05) is 26.2 Å². The topological polar surface area (TPSA) is 54.6 Å². The molecule has 1 aromatic carbocycles. The van der Waals surface area contributed by atoms with E-state index in [4.69, 9.17) is 9.15 Å². The number of aromatic nitrogens is 2. The highest BCUT2D eigenvalue weighted by Gasteiger charge is 2.25. The van der Waals surface area contributed by atoms with Crippen molar-refractivity contribution < 1.29 is 9.15 Å². The molecule has 1 aromatic heterocycles. The van der Waals surface area contributed by atoms with E-state index in [0.717, 1.165) is 38.5 Å². The number of rotatable bonds is 6. The van der Waals surface area contributed by atoms with Crippen LogP contribution in [0.5, 0.6) is 5.75 Å². The van der Waals surface area contributed by atoms with E-state index in [9.17, 15) is 0 Å². The minimum atomic E-state index is 0.449. The maximum atomic E-state index is 5.74. The van der Waals surface area contributed by atoms with Gasteiger partial charge in [-0.15, -0.1) is 10.2 Å². The lowest BCUT2D eigenvalue weighted by atomic mass is 10.1. The number of nitrogens with zero attached hydrogens (tertiary/aromatic N) is 4. The van der Waals surface area contributed by atoms with Gasteiger partial charge in [0.05, 0.1) is 13.2 Å². The van der Waals surface area contributed by atoms with E-state index in [1.807, 2.05) is 19.9 Å². The quantitative estimate of drug-likeness (QED) is 0.811. The molecule has 1 atom stereocenters. The smallest absolute Gasteiger partial charge is 0.230 e. The molecule has 0 amide bonds. The second kappa shape index (κ2) is 7.77. The highest BCUT2D eigenvalue weighted by Crippen LogP contribution is 2.22. The van der Waals surface area contributed by atoms with Gasteiger partial charge in [0, 0.05) is 44.7 Å². The molecule has 24 heavy (non-hydrogen) atoms. The number of para-hydroxylation sites is 1. The van der Waals surface area contributed by atoms with Crippen molar-refractivity contribution in [3.05, 3.63) is 41.6 Å². The minimum Gasteiger partial charge on any atom is -0.494 e. The van der Waals surface area contributed by atoms with Crippen LogP contribution in [0.15, 0.2) is 28.7 Å². The Morgan fingerprint density at radius 2 is 2.04 bits per heavy atom. The van der Waals surface area contributed by atoms with E-state index in [1.165, 1.54) is 5.56 Å². The van der Waals surface area contributed by atoms with Gasteiger partial charge in [0.15, 0.2) is 0 Å². The third kappa shape index (κ3) is 4.13. The predicted octanol–water partition coefficient (Wildman–Crippen LogP) is 2.48. The number of piperazine rings is 1. The van der Waals surface area contributed by atoms with Crippen molar-refractivity contribution in [2.24, 2.45) is 0 Å². The first-order valence-corrected chi connectivity index (χ1v) is 8.61. The van der Waals surface area contributed by atoms with Crippen molar-refractivity contribution in [1.29, 1.82) is 0 Å². The van der Waals surface area contributed by atoms with Gasteiger partial charge in [-0.25, -0.2) is 0 Å². The average Bonchev–Trinajstić information content (AvgIpc) is 2.97. The molecule has 6 nitrogen and oxygen atoms in total. The molecule has 130 valence electrons. The molecular weight excluding hydrogens is 304 g/mol. The summed E-state index contributed by atoms with van der Waals surface area (Å²) in [6.45, 7) is 11.5. The maximum absolute atomic E-state index is 5.74. The van der Waals surface area contributed by atoms with Crippen molar-refractivity contribution in [2.45, 2.75) is 39.9 Å². The molecule has 0 saturated carbocycles. The van der Waals surface area contributed by atoms with Gasteiger partial charge in [-0.05, 0) is 19.9 Å². The van der Waals surface area contributed by atoms with Gasteiger partial charge < -0.3 is 9.15 Å². The first-order valence-electron chi connectivity index (χ1n) is 8.61. The van der Waals surface area contributed by atoms with Crippen molar-refractivity contribution in [3.8, 4) is 5.75 Å². The average molecular weight is 330 g/mol. The lowest BCUT2D eigenvalue weighted by Crippen LogP contribution is -2.50. The molecule has 0 aliphatic carbocycles. The normalized spacial score (nSPS) is 19.5. The van der Waals surface area contributed by atoms with Crippen LogP contribution in [-0.4, -0.2) is 52.3 Å². The van der Waals surface area contributed by atoms with Crippen LogP contribution in [0.3, 0.4) is 0 Å². The van der Waals surface area contributed by atoms with Crippen LogP contribution < -0.4 is 4.74 Å². The zero-order valence-electron chi connectivity index (χ0n) is 14.7. The molecule has 1 aliphatic rings. The zero-order valence-corrected chi connectivity index (χ0v) is 14.7. The van der Waals surface area contributed by atoms with Crippen molar-refractivity contribution in [1.82, 2.24) is 20.0 Å². The molecule has 2 heterocycles. The van der Waals surface area contributed by atoms with E-state index < -0.39 is 0 Å². The molecule has 2 aromatic rings. The predicted molar refractivity (Wildman–Crippen MR) is 91.8 cm³/mol. The van der Waals surface area contributed by atoms with Crippen LogP contribution in [0.4, 0.5) is 0 Å². The first kappa shape index (κ1) is 16.9. The Bertz CT molecular complexity index is 658. The number of hydrogen-bond donors (Lipinski definition) is 0. The standard InChI is InChI=1S/C18H26N4O2/c1-4-23-17-8-6-5-7-16(17)12-21-9-10-22(14(2)11-21)13-18-20-19-15(3)24-18/h5-8,14H,4,9-13H2,1-3H3. The van der Waals surface area contributed by atoms with E-state index in [2.05, 4.69) is 45.1 Å². The molecule has 0 bridgehead atoms. The second-order valence-electron chi connectivity index (χ2n) is 6.31. The Kier molecular flexibility index (Phi) is 5.48. The summed E-state index contributed by atoms with van der Waals surface area (Å²) in [5, 5.41) is 8.01. The van der Waals surface area contributed by atoms with Gasteiger partial charge in [0.25, 0.3) is 0 Å². The van der Waals surface area contributed by atoms with Crippen LogP contribution in [-0.2, 0) is 13.1 Å². The number of aryl methyl sites for hydroxylation is 1. The van der Waals surface area contributed by atoms with Crippen molar-refractivity contribution >= 4 is 0 Å². The van der Waals surface area contributed by atoms with Crippen LogP contribution in [0.1, 0.15) is 31.2 Å². The van der Waals surface area contributed by atoms with E-state index in [-0.39, 0.29) is 0 Å². The van der Waals surface area contributed by atoms with Crippen LogP contribution >= 0.6 is 0 Å². The van der Waals surface area contributed by atoms with E-state index in [1.54, 1.807) is 0 Å². The fourth-order valence-electron chi connectivity index (χ4n) is 3.20. The Morgan fingerprint density at radius 1 is 1.21 bits per heavy atom. The molecule has 0 spiro atoms. The molecule has 0 N–H and O–H groups in total. The Hall–Kier alpha value is -1.92. The Balaban J connectivity index is 1.57. The van der Waals surface area contributed by atoms with Gasteiger partial charge in [-0.1, -0.05) is 18.2 Å². The maximum Gasteiger partial charge on any atom is 0.230 e.